The summed E-state index contributed by atoms with van der Waals surface area (Å²) in [4.78, 5) is 2.39. The molecule has 2 heteroatoms. The van der Waals surface area contributed by atoms with Crippen LogP contribution in [0.3, 0.4) is 0 Å². The molecule has 1 aromatic heterocycles. The maximum absolute atomic E-state index is 2.41. The fourth-order valence-electron chi connectivity index (χ4n) is 9.50. The predicted molar refractivity (Wildman–Crippen MR) is 249 cm³/mol. The Kier molecular flexibility index (Phi) is 8.20. The molecule has 1 aliphatic carbocycles. The minimum Gasteiger partial charge on any atom is -0.310 e. The number of hydrogen-bond donors (Lipinski definition) is 0. The summed E-state index contributed by atoms with van der Waals surface area (Å²) in [6.45, 7) is 4.70. The molecule has 0 saturated carbocycles. The zero-order chi connectivity index (χ0) is 39.5. The Bertz CT molecular complexity index is 3150. The van der Waals surface area contributed by atoms with Gasteiger partial charge < -0.3 is 9.47 Å². The third kappa shape index (κ3) is 5.79. The summed E-state index contributed by atoms with van der Waals surface area (Å²) in [7, 11) is 0. The maximum Gasteiger partial charge on any atom is 0.0547 e. The molecule has 0 unspecified atom stereocenters. The normalized spacial score (nSPS) is 12.7. The van der Waals surface area contributed by atoms with Crippen LogP contribution in [-0.2, 0) is 5.41 Å². The number of anilines is 3. The van der Waals surface area contributed by atoms with E-state index in [-0.39, 0.29) is 5.41 Å². The third-order valence-corrected chi connectivity index (χ3v) is 12.4. The van der Waals surface area contributed by atoms with Gasteiger partial charge >= 0.3 is 0 Å². The number of fused-ring (bicyclic) bond motifs is 6. The average molecular weight is 755 g/mol. The van der Waals surface area contributed by atoms with Gasteiger partial charge in [-0.2, -0.15) is 0 Å². The molecule has 0 saturated heterocycles. The largest absolute Gasteiger partial charge is 0.310 e. The average Bonchev–Trinajstić information content (AvgIpc) is 3.76. The highest BCUT2D eigenvalue weighted by molar-refractivity contribution is 6.16. The number of aromatic nitrogens is 1. The Morgan fingerprint density at radius 1 is 0.356 bits per heavy atom. The molecule has 11 rings (SSSR count). The molecule has 0 fully saturated rings. The second-order valence-corrected chi connectivity index (χ2v) is 16.2. The number of benzene rings is 9. The van der Waals surface area contributed by atoms with E-state index in [0.717, 1.165) is 22.7 Å². The Morgan fingerprint density at radius 2 is 0.898 bits per heavy atom. The predicted octanol–water partition coefficient (Wildman–Crippen LogP) is 15.6. The van der Waals surface area contributed by atoms with Crippen LogP contribution < -0.4 is 4.90 Å². The van der Waals surface area contributed by atoms with Gasteiger partial charge in [-0.25, -0.2) is 0 Å². The minimum atomic E-state index is -0.0452. The second-order valence-electron chi connectivity index (χ2n) is 16.2. The molecule has 1 heterocycles. The Balaban J connectivity index is 1.02. The first-order valence-electron chi connectivity index (χ1n) is 20.5. The zero-order valence-electron chi connectivity index (χ0n) is 33.2. The first-order valence-corrected chi connectivity index (χ1v) is 20.5. The van der Waals surface area contributed by atoms with Gasteiger partial charge in [0, 0.05) is 38.9 Å². The van der Waals surface area contributed by atoms with Crippen molar-refractivity contribution in [1.82, 2.24) is 4.57 Å². The van der Waals surface area contributed by atoms with Gasteiger partial charge in [0.2, 0.25) is 0 Å². The summed E-state index contributed by atoms with van der Waals surface area (Å²) in [5.74, 6) is 0. The number of rotatable bonds is 7. The van der Waals surface area contributed by atoms with Crippen LogP contribution in [0.4, 0.5) is 17.1 Å². The fourth-order valence-corrected chi connectivity index (χ4v) is 9.50. The van der Waals surface area contributed by atoms with Crippen molar-refractivity contribution in [3.63, 3.8) is 0 Å². The quantitative estimate of drug-likeness (QED) is 0.157. The van der Waals surface area contributed by atoms with Crippen LogP contribution in [0.15, 0.2) is 218 Å². The number of para-hydroxylation sites is 2. The molecular weight excluding hydrogens is 713 g/mol. The number of hydrogen-bond acceptors (Lipinski definition) is 1. The van der Waals surface area contributed by atoms with Crippen LogP contribution in [0.1, 0.15) is 25.0 Å². The molecule has 0 aliphatic heterocycles. The van der Waals surface area contributed by atoms with Crippen LogP contribution >= 0.6 is 0 Å². The van der Waals surface area contributed by atoms with E-state index in [2.05, 4.69) is 242 Å². The highest BCUT2D eigenvalue weighted by Crippen LogP contribution is 2.50. The lowest BCUT2D eigenvalue weighted by atomic mass is 9.81. The fraction of sp³-hybridized carbons (Fsp3) is 0.0526. The SMILES string of the molecule is CC1(C)c2ccccc2-c2ccc(-c3ccc(N(c4ccc(-c5ccccc5)cc4)c4cccc(-c5cccc6c5c5ccccc5n6-c5ccccc5)c4)cc3)cc21. The van der Waals surface area contributed by atoms with Crippen molar-refractivity contribution in [3.8, 4) is 50.2 Å². The van der Waals surface area contributed by atoms with E-state index in [0.29, 0.717) is 0 Å². The topological polar surface area (TPSA) is 8.17 Å². The lowest BCUT2D eigenvalue weighted by molar-refractivity contribution is 0.660. The van der Waals surface area contributed by atoms with E-state index >= 15 is 0 Å². The molecule has 0 atom stereocenters. The molecule has 1 aliphatic rings. The molecule has 10 aromatic rings. The van der Waals surface area contributed by atoms with Crippen molar-refractivity contribution in [2.75, 3.05) is 4.90 Å². The maximum atomic E-state index is 2.41. The van der Waals surface area contributed by atoms with Crippen molar-refractivity contribution < 1.29 is 0 Å². The van der Waals surface area contributed by atoms with Crippen molar-refractivity contribution in [2.45, 2.75) is 19.3 Å². The first kappa shape index (κ1) is 34.8. The van der Waals surface area contributed by atoms with Crippen LogP contribution in [0, 0.1) is 0 Å². The van der Waals surface area contributed by atoms with Gasteiger partial charge in [-0.05, 0) is 122 Å². The van der Waals surface area contributed by atoms with E-state index in [9.17, 15) is 0 Å². The summed E-state index contributed by atoms with van der Waals surface area (Å²) < 4.78 is 2.39. The molecule has 280 valence electrons. The van der Waals surface area contributed by atoms with Crippen LogP contribution in [0.25, 0.3) is 72.0 Å². The van der Waals surface area contributed by atoms with E-state index in [1.165, 1.54) is 77.4 Å². The third-order valence-electron chi connectivity index (χ3n) is 12.4. The Labute approximate surface area is 345 Å². The molecule has 0 amide bonds. The van der Waals surface area contributed by atoms with E-state index in [4.69, 9.17) is 0 Å². The molecule has 2 nitrogen and oxygen atoms in total. The van der Waals surface area contributed by atoms with Gasteiger partial charge in [0.1, 0.15) is 0 Å². The minimum absolute atomic E-state index is 0.0452. The Morgan fingerprint density at radius 3 is 1.66 bits per heavy atom. The molecule has 59 heavy (non-hydrogen) atoms. The zero-order valence-corrected chi connectivity index (χ0v) is 33.2. The van der Waals surface area contributed by atoms with Crippen molar-refractivity contribution in [1.29, 1.82) is 0 Å². The van der Waals surface area contributed by atoms with Gasteiger partial charge in [-0.15, -0.1) is 0 Å². The van der Waals surface area contributed by atoms with E-state index < -0.39 is 0 Å². The highest BCUT2D eigenvalue weighted by atomic mass is 15.1. The van der Waals surface area contributed by atoms with Crippen molar-refractivity contribution >= 4 is 38.9 Å². The standard InChI is InChI=1S/C57H42N2/c1-57(2)52-24-11-9-21-49(52)50-36-31-42(38-53(50)57)41-29-34-46(35-30-41)58(45-32-27-40(28-33-45)39-15-5-3-6-16-39)47-20-13-17-43(37-47)48-23-14-26-55-56(48)51-22-10-12-25-54(51)59(55)44-18-7-4-8-19-44/h3-38H,1-2H3. The number of nitrogens with zero attached hydrogens (tertiary/aromatic N) is 2. The molecule has 9 aromatic carbocycles. The molecular formula is C57H42N2. The van der Waals surface area contributed by atoms with E-state index in [1.54, 1.807) is 0 Å². The lowest BCUT2D eigenvalue weighted by Crippen LogP contribution is -2.14. The molecule has 0 radical (unpaired) electrons. The van der Waals surface area contributed by atoms with Crippen molar-refractivity contribution in [2.24, 2.45) is 0 Å². The van der Waals surface area contributed by atoms with E-state index in [1.807, 2.05) is 0 Å². The summed E-state index contributed by atoms with van der Waals surface area (Å²) in [5, 5.41) is 2.50. The van der Waals surface area contributed by atoms with Crippen LogP contribution in [-0.4, -0.2) is 4.57 Å². The van der Waals surface area contributed by atoms with Gasteiger partial charge in [0.25, 0.3) is 0 Å². The first-order chi connectivity index (χ1) is 29.0. The highest BCUT2D eigenvalue weighted by Gasteiger charge is 2.35. The van der Waals surface area contributed by atoms with Gasteiger partial charge in [0.15, 0.2) is 0 Å². The molecule has 0 bridgehead atoms. The van der Waals surface area contributed by atoms with Gasteiger partial charge in [-0.3, -0.25) is 0 Å². The van der Waals surface area contributed by atoms with Gasteiger partial charge in [-0.1, -0.05) is 166 Å². The van der Waals surface area contributed by atoms with Crippen LogP contribution in [0.2, 0.25) is 0 Å². The monoisotopic (exact) mass is 754 g/mol. The Hall–Kier alpha value is -7.42. The van der Waals surface area contributed by atoms with Gasteiger partial charge in [0.05, 0.1) is 11.0 Å². The smallest absolute Gasteiger partial charge is 0.0547 e. The summed E-state index contributed by atoms with van der Waals surface area (Å²) in [6, 6.07) is 79.7. The second kappa shape index (κ2) is 13.9. The summed E-state index contributed by atoms with van der Waals surface area (Å²) in [5.41, 5.74) is 19.5. The molecule has 0 N–H and O–H groups in total. The van der Waals surface area contributed by atoms with Crippen LogP contribution in [0.5, 0.6) is 0 Å². The van der Waals surface area contributed by atoms with Crippen molar-refractivity contribution in [3.05, 3.63) is 230 Å². The molecule has 0 spiro atoms. The lowest BCUT2D eigenvalue weighted by Gasteiger charge is -2.26. The summed E-state index contributed by atoms with van der Waals surface area (Å²) in [6.07, 6.45) is 0. The summed E-state index contributed by atoms with van der Waals surface area (Å²) >= 11 is 0.